The van der Waals surface area contributed by atoms with E-state index in [9.17, 15) is 9.18 Å². The predicted molar refractivity (Wildman–Crippen MR) is 79.4 cm³/mol. The zero-order chi connectivity index (χ0) is 15.0. The topological polar surface area (TPSA) is 42.1 Å². The Morgan fingerprint density at radius 3 is 2.71 bits per heavy atom. The van der Waals surface area contributed by atoms with Gasteiger partial charge in [-0.1, -0.05) is 18.2 Å². The molecule has 0 radical (unpaired) electrons. The molecule has 2 aromatic carbocycles. The number of nitrogens with one attached hydrogen (secondary N) is 1. The van der Waals surface area contributed by atoms with Gasteiger partial charge in [0.05, 0.1) is 7.11 Å². The Morgan fingerprint density at radius 1 is 1.19 bits per heavy atom. The van der Waals surface area contributed by atoms with E-state index in [2.05, 4.69) is 4.98 Å². The number of aromatic amines is 1. The van der Waals surface area contributed by atoms with E-state index >= 15 is 0 Å². The van der Waals surface area contributed by atoms with Crippen LogP contribution in [0.4, 0.5) is 4.39 Å². The lowest BCUT2D eigenvalue weighted by atomic mass is 9.99. The molecule has 0 spiro atoms. The Kier molecular flexibility index (Phi) is 3.22. The van der Waals surface area contributed by atoms with Crippen molar-refractivity contribution < 1.29 is 13.9 Å². The summed E-state index contributed by atoms with van der Waals surface area (Å²) in [6.07, 6.45) is 1.62. The largest absolute Gasteiger partial charge is 0.496 e. The quantitative estimate of drug-likeness (QED) is 0.742. The maximum atomic E-state index is 14.1. The molecule has 0 aliphatic rings. The number of carbonyl (C=O) groups is 1. The van der Waals surface area contributed by atoms with Crippen LogP contribution in [0.25, 0.3) is 10.9 Å². The molecule has 1 N–H and O–H groups in total. The lowest BCUT2D eigenvalue weighted by Crippen LogP contribution is -2.06. The van der Waals surface area contributed by atoms with Crippen molar-refractivity contribution in [3.8, 4) is 5.75 Å². The normalized spacial score (nSPS) is 10.8. The summed E-state index contributed by atoms with van der Waals surface area (Å²) in [5.74, 6) is -0.726. The number of hydrogen-bond donors (Lipinski definition) is 1. The molecule has 0 saturated carbocycles. The van der Waals surface area contributed by atoms with Crippen molar-refractivity contribution in [2.75, 3.05) is 7.11 Å². The van der Waals surface area contributed by atoms with Gasteiger partial charge in [-0.25, -0.2) is 4.39 Å². The molecule has 4 heteroatoms. The number of H-pyrrole nitrogens is 1. The van der Waals surface area contributed by atoms with E-state index in [1.807, 2.05) is 25.1 Å². The van der Waals surface area contributed by atoms with Gasteiger partial charge in [-0.3, -0.25) is 4.79 Å². The number of hydrogen-bond acceptors (Lipinski definition) is 2. The number of rotatable bonds is 3. The molecule has 0 amide bonds. The number of aryl methyl sites for hydroxylation is 1. The minimum atomic E-state index is -0.581. The van der Waals surface area contributed by atoms with Crippen molar-refractivity contribution in [3.63, 3.8) is 0 Å². The first-order valence-electron chi connectivity index (χ1n) is 6.57. The van der Waals surface area contributed by atoms with E-state index in [-0.39, 0.29) is 17.1 Å². The van der Waals surface area contributed by atoms with Crippen LogP contribution in [0.2, 0.25) is 0 Å². The third kappa shape index (κ3) is 2.09. The number of halogens is 1. The van der Waals surface area contributed by atoms with Gasteiger partial charge in [0.2, 0.25) is 5.78 Å². The predicted octanol–water partition coefficient (Wildman–Crippen LogP) is 3.86. The Labute approximate surface area is 121 Å². The molecule has 3 aromatic rings. The summed E-state index contributed by atoms with van der Waals surface area (Å²) in [4.78, 5) is 15.8. The SMILES string of the molecule is COc1cccc(F)c1C(=O)c1c[nH]c2cccc(C)c12. The number of ether oxygens (including phenoxy) is 1. The Bertz CT molecular complexity index is 836. The first-order chi connectivity index (χ1) is 10.1. The molecule has 0 atom stereocenters. The zero-order valence-corrected chi connectivity index (χ0v) is 11.7. The molecule has 0 aliphatic carbocycles. The minimum Gasteiger partial charge on any atom is -0.496 e. The maximum Gasteiger partial charge on any atom is 0.201 e. The third-order valence-corrected chi connectivity index (χ3v) is 3.58. The van der Waals surface area contributed by atoms with Crippen LogP contribution < -0.4 is 4.74 Å². The van der Waals surface area contributed by atoms with Crippen molar-refractivity contribution in [3.05, 3.63) is 65.1 Å². The van der Waals surface area contributed by atoms with E-state index in [4.69, 9.17) is 4.74 Å². The second-order valence-electron chi connectivity index (χ2n) is 4.85. The van der Waals surface area contributed by atoms with Crippen LogP contribution in [0.3, 0.4) is 0 Å². The number of fused-ring (bicyclic) bond motifs is 1. The average molecular weight is 283 g/mol. The first kappa shape index (κ1) is 13.4. The highest BCUT2D eigenvalue weighted by molar-refractivity contribution is 6.18. The van der Waals surface area contributed by atoms with Crippen molar-refractivity contribution in [2.45, 2.75) is 6.92 Å². The highest BCUT2D eigenvalue weighted by Crippen LogP contribution is 2.29. The van der Waals surface area contributed by atoms with Crippen LogP contribution in [0.15, 0.2) is 42.6 Å². The van der Waals surface area contributed by atoms with Crippen LogP contribution in [-0.4, -0.2) is 17.9 Å². The standard InChI is InChI=1S/C17H14FNO2/c1-10-5-3-7-13-15(10)11(9-19-13)17(20)16-12(18)6-4-8-14(16)21-2/h3-9,19H,1-2H3. The van der Waals surface area contributed by atoms with E-state index in [0.717, 1.165) is 16.5 Å². The lowest BCUT2D eigenvalue weighted by Gasteiger charge is -2.08. The number of benzene rings is 2. The molecular weight excluding hydrogens is 269 g/mol. The molecule has 21 heavy (non-hydrogen) atoms. The van der Waals surface area contributed by atoms with Crippen molar-refractivity contribution in [1.29, 1.82) is 0 Å². The van der Waals surface area contributed by atoms with Gasteiger partial charge in [0, 0.05) is 22.7 Å². The second kappa shape index (κ2) is 5.05. The van der Waals surface area contributed by atoms with Gasteiger partial charge in [0.15, 0.2) is 0 Å². The molecule has 106 valence electrons. The fourth-order valence-electron chi connectivity index (χ4n) is 2.58. The highest BCUT2D eigenvalue weighted by atomic mass is 19.1. The second-order valence-corrected chi connectivity index (χ2v) is 4.85. The Morgan fingerprint density at radius 2 is 1.95 bits per heavy atom. The maximum absolute atomic E-state index is 14.1. The highest BCUT2D eigenvalue weighted by Gasteiger charge is 2.22. The van der Waals surface area contributed by atoms with Gasteiger partial charge < -0.3 is 9.72 Å². The molecule has 0 unspecified atom stereocenters. The molecule has 0 bridgehead atoms. The fraction of sp³-hybridized carbons (Fsp3) is 0.118. The summed E-state index contributed by atoms with van der Waals surface area (Å²) in [7, 11) is 1.42. The Hall–Kier alpha value is -2.62. The van der Waals surface area contributed by atoms with Crippen LogP contribution in [0.1, 0.15) is 21.5 Å². The third-order valence-electron chi connectivity index (χ3n) is 3.58. The zero-order valence-electron chi connectivity index (χ0n) is 11.7. The molecular formula is C17H14FNO2. The molecule has 1 aromatic heterocycles. The monoisotopic (exact) mass is 283 g/mol. The Balaban J connectivity index is 2.23. The molecule has 3 nitrogen and oxygen atoms in total. The number of methoxy groups -OCH3 is 1. The van der Waals surface area contributed by atoms with E-state index < -0.39 is 5.82 Å². The smallest absolute Gasteiger partial charge is 0.201 e. The van der Waals surface area contributed by atoms with E-state index in [1.54, 1.807) is 12.3 Å². The van der Waals surface area contributed by atoms with E-state index in [1.165, 1.54) is 19.2 Å². The molecule has 0 fully saturated rings. The average Bonchev–Trinajstić information content (AvgIpc) is 2.91. The lowest BCUT2D eigenvalue weighted by molar-refractivity contribution is 0.103. The summed E-state index contributed by atoms with van der Waals surface area (Å²) in [6, 6.07) is 10.1. The van der Waals surface area contributed by atoms with Gasteiger partial charge in [-0.15, -0.1) is 0 Å². The molecule has 3 rings (SSSR count). The van der Waals surface area contributed by atoms with Gasteiger partial charge in [-0.05, 0) is 30.7 Å². The summed E-state index contributed by atoms with van der Waals surface area (Å²) in [5, 5.41) is 0.813. The fourth-order valence-corrected chi connectivity index (χ4v) is 2.58. The summed E-state index contributed by atoms with van der Waals surface area (Å²) in [5.41, 5.74) is 2.23. The van der Waals surface area contributed by atoms with Gasteiger partial charge in [0.1, 0.15) is 17.1 Å². The summed E-state index contributed by atoms with van der Waals surface area (Å²) >= 11 is 0. The van der Waals surface area contributed by atoms with Crippen LogP contribution >= 0.6 is 0 Å². The van der Waals surface area contributed by atoms with Crippen molar-refractivity contribution in [1.82, 2.24) is 4.98 Å². The number of ketones is 1. The van der Waals surface area contributed by atoms with Crippen LogP contribution in [0, 0.1) is 12.7 Å². The van der Waals surface area contributed by atoms with Crippen molar-refractivity contribution >= 4 is 16.7 Å². The summed E-state index contributed by atoms with van der Waals surface area (Å²) in [6.45, 7) is 1.92. The van der Waals surface area contributed by atoms with Gasteiger partial charge in [-0.2, -0.15) is 0 Å². The molecule has 1 heterocycles. The first-order valence-corrected chi connectivity index (χ1v) is 6.57. The molecule has 0 aliphatic heterocycles. The van der Waals surface area contributed by atoms with Gasteiger partial charge >= 0.3 is 0 Å². The van der Waals surface area contributed by atoms with Crippen LogP contribution in [0.5, 0.6) is 5.75 Å². The number of carbonyl (C=O) groups excluding carboxylic acids is 1. The van der Waals surface area contributed by atoms with Crippen LogP contribution in [-0.2, 0) is 0 Å². The molecule has 0 saturated heterocycles. The van der Waals surface area contributed by atoms with E-state index in [0.29, 0.717) is 5.56 Å². The number of aromatic nitrogens is 1. The minimum absolute atomic E-state index is 0.0378. The van der Waals surface area contributed by atoms with Crippen molar-refractivity contribution in [2.24, 2.45) is 0 Å². The summed E-state index contributed by atoms with van der Waals surface area (Å²) < 4.78 is 19.2. The van der Waals surface area contributed by atoms with Gasteiger partial charge in [0.25, 0.3) is 0 Å².